The summed E-state index contributed by atoms with van der Waals surface area (Å²) in [7, 11) is 0. The van der Waals surface area contributed by atoms with Crippen LogP contribution in [-0.4, -0.2) is 218 Å². The molecular weight excluding hydrogens is 1610 g/mol. The van der Waals surface area contributed by atoms with Crippen molar-refractivity contribution in [2.45, 2.75) is 217 Å². The van der Waals surface area contributed by atoms with Gasteiger partial charge in [-0.25, -0.2) is 4.79 Å². The van der Waals surface area contributed by atoms with Crippen molar-refractivity contribution in [3.05, 3.63) is 120 Å². The third-order valence-electron chi connectivity index (χ3n) is 20.9. The number of primary amides is 1. The third kappa shape index (κ3) is 30.3. The number of carboxylic acid groups (broad SMARTS) is 1. The summed E-state index contributed by atoms with van der Waals surface area (Å²) >= 11 is 0.424. The van der Waals surface area contributed by atoms with Gasteiger partial charge >= 0.3 is 12.0 Å². The van der Waals surface area contributed by atoms with Gasteiger partial charge in [0.2, 0.25) is 65.0 Å². The smallest absolute Gasteiger partial charge is 0.322 e. The van der Waals surface area contributed by atoms with Crippen molar-refractivity contribution < 1.29 is 82.1 Å². The first-order chi connectivity index (χ1) is 58.7. The number of fused-ring (bicyclic) bond motifs is 3. The molecule has 0 radical (unpaired) electrons. The molecule has 7 rings (SSSR count). The molecule has 3 heterocycles. The van der Waals surface area contributed by atoms with Gasteiger partial charge in [0.15, 0.2) is 11.9 Å². The number of para-hydroxylation sites is 2. The van der Waals surface area contributed by atoms with Crippen LogP contribution in [0.5, 0.6) is 0 Å². The number of carbonyl (C=O) groups is 15. The van der Waals surface area contributed by atoms with E-state index in [1.54, 1.807) is 120 Å². The molecule has 39 nitrogen and oxygen atoms in total. The average molecular weight is 1730 g/mol. The van der Waals surface area contributed by atoms with Crippen LogP contribution < -0.4 is 97.0 Å². The van der Waals surface area contributed by atoms with E-state index < -0.39 is 203 Å². The number of hydrogen-bond acceptors (Lipinski definition) is 19. The Morgan fingerprint density at radius 3 is 1.40 bits per heavy atom. The number of aromatic nitrogens is 2. The number of guanidine groups is 2. The van der Waals surface area contributed by atoms with E-state index in [0.29, 0.717) is 69.5 Å². The molecule has 1 aliphatic heterocycles. The first-order valence-corrected chi connectivity index (χ1v) is 42.1. The fourth-order valence-corrected chi connectivity index (χ4v) is 14.6. The van der Waals surface area contributed by atoms with E-state index in [-0.39, 0.29) is 90.1 Å². The summed E-state index contributed by atoms with van der Waals surface area (Å²) in [5.74, 6) is -17.1. The van der Waals surface area contributed by atoms with Crippen molar-refractivity contribution in [3.8, 4) is 0 Å². The number of carbonyl (C=O) groups excluding carboxylic acids is 14. The van der Waals surface area contributed by atoms with Crippen molar-refractivity contribution in [3.63, 3.8) is 0 Å². The molecule has 0 bridgehead atoms. The number of carboxylic acids is 1. The van der Waals surface area contributed by atoms with Crippen LogP contribution in [-0.2, 0) is 81.6 Å². The summed E-state index contributed by atoms with van der Waals surface area (Å²) in [6.07, 6.45) is 2.98. The minimum absolute atomic E-state index is 0.00301. The number of aliphatic carboxylic acids is 1. The molecule has 40 heteroatoms. The first kappa shape index (κ1) is 97.2. The number of aliphatic hydroxyl groups is 1. The molecule has 1 aliphatic rings. The van der Waals surface area contributed by atoms with Crippen LogP contribution >= 0.6 is 11.8 Å². The maximum atomic E-state index is 15.2. The van der Waals surface area contributed by atoms with Gasteiger partial charge in [0.05, 0.1) is 13.0 Å². The van der Waals surface area contributed by atoms with Gasteiger partial charge in [-0.1, -0.05) is 171 Å². The highest BCUT2D eigenvalue weighted by Gasteiger charge is 2.40. The van der Waals surface area contributed by atoms with Gasteiger partial charge in [-0.15, -0.1) is 0 Å². The third-order valence-corrected chi connectivity index (χ3v) is 21.8. The molecule has 4 aromatic carbocycles. The number of unbranched alkanes of at least 4 members (excludes halogenated alkanes) is 3. The van der Waals surface area contributed by atoms with E-state index in [1.807, 2.05) is 30.4 Å². The number of imide groups is 1. The molecule has 123 heavy (non-hydrogen) atoms. The van der Waals surface area contributed by atoms with Crippen molar-refractivity contribution in [1.82, 2.24) is 89.7 Å². The number of hydrogen-bond donors (Lipinski definition) is 24. The topological polar surface area (TPSA) is 634 Å². The average Bonchev–Trinajstić information content (AvgIpc) is 1.72. The molecule has 0 unspecified atom stereocenters. The maximum Gasteiger partial charge on any atom is 0.322 e. The predicted molar refractivity (Wildman–Crippen MR) is 461 cm³/mol. The molecule has 2 aromatic heterocycles. The summed E-state index contributed by atoms with van der Waals surface area (Å²) in [6.45, 7) is 8.91. The summed E-state index contributed by atoms with van der Waals surface area (Å²) in [5.41, 5.74) is 19.9. The number of urea groups is 1. The zero-order chi connectivity index (χ0) is 90.0. The van der Waals surface area contributed by atoms with Crippen LogP contribution in [0.3, 0.4) is 0 Å². The molecule has 15 amide bonds. The largest absolute Gasteiger partial charge is 0.481 e. The van der Waals surface area contributed by atoms with E-state index in [9.17, 15) is 58.2 Å². The normalized spacial score (nSPS) is 22.7. The second-order valence-corrected chi connectivity index (χ2v) is 31.7. The number of thioether (sulfide) groups is 1. The van der Waals surface area contributed by atoms with Crippen molar-refractivity contribution in [2.75, 3.05) is 25.4 Å². The monoisotopic (exact) mass is 1720 g/mol. The highest BCUT2D eigenvalue weighted by molar-refractivity contribution is 8.13. The lowest BCUT2D eigenvalue weighted by atomic mass is 9.96. The standard InChI is InChI=1S/C83H116N22O17S/c1-7-10-12-28-57-71(112)98-62(39-65(107)108)74(115)97-60(37-49-40-91-53-26-17-15-23-51(49)53)73(114)94-55(25-11-8-2)69(110)93-56(29-19-33-89-80(85)86)70(111)96-61(38-50-41-92-54-27-18-16-24-52(50)54)76(117)103-66(44(4)5)78(119)100-64(68(84)109)43-123-83(122)102-58(30-20-34-90-81(87)88)72(113)95-59(36-46-31-32-47-21-13-14-22-48(47)35-46)75(116)104-67(45(6)9-3)79(120)99-63(42-106)77(118)105-82(121)101-57/h13-18,21-24,26-27,31-32,35,40-41,44-45,55-64,66-67,91-92,106H,7-12,19-20,25,28-30,33-34,36-39,42-43H2,1-6H3,(H2,84,109)(H,93,110)(H,94,114)(H,95,113)(H,96,111)(H,97,115)(H,98,112)(H,99,120)(H,100,119)(H,102,122)(H,103,117)(H,104,116)(H,107,108)(H4,85,86,89)(H4,87,88,90)(H2,101,105,118,121)/t45-,55-,56-,57-,58-,59-,60-,61-,62-,63-,64-,66-,67-/m0/s1. The Morgan fingerprint density at radius 1 is 0.463 bits per heavy atom. The summed E-state index contributed by atoms with van der Waals surface area (Å²) in [5, 5.41) is 76.9. The quantitative estimate of drug-likeness (QED) is 0.0182. The number of H-pyrrole nitrogens is 2. The van der Waals surface area contributed by atoms with Crippen molar-refractivity contribution in [1.29, 1.82) is 10.8 Å². The Bertz CT molecular complexity index is 4750. The Labute approximate surface area is 715 Å². The van der Waals surface area contributed by atoms with Crippen LogP contribution in [0, 0.1) is 22.7 Å². The molecule has 27 N–H and O–H groups in total. The molecular formula is C83H116N22O17S. The summed E-state index contributed by atoms with van der Waals surface area (Å²) in [4.78, 5) is 224. The lowest BCUT2D eigenvalue weighted by Gasteiger charge is -2.29. The van der Waals surface area contributed by atoms with Gasteiger partial charge in [-0.05, 0) is 90.0 Å². The number of amides is 15. The molecule has 6 aromatic rings. The molecule has 1 fully saturated rings. The molecule has 0 spiro atoms. The van der Waals surface area contributed by atoms with Crippen LogP contribution in [0.25, 0.3) is 32.6 Å². The van der Waals surface area contributed by atoms with E-state index in [2.05, 4.69) is 84.4 Å². The Hall–Kier alpha value is -12.9. The van der Waals surface area contributed by atoms with Crippen LogP contribution in [0.1, 0.15) is 142 Å². The lowest BCUT2D eigenvalue weighted by Crippen LogP contribution is -2.62. The van der Waals surface area contributed by atoms with E-state index in [4.69, 9.17) is 28.0 Å². The van der Waals surface area contributed by atoms with Crippen molar-refractivity contribution in [2.24, 2.45) is 29.0 Å². The summed E-state index contributed by atoms with van der Waals surface area (Å²) < 4.78 is 0. The predicted octanol–water partition coefficient (Wildman–Crippen LogP) is 0.649. The molecule has 0 saturated carbocycles. The van der Waals surface area contributed by atoms with E-state index in [1.165, 1.54) is 0 Å². The number of nitrogens with two attached hydrogens (primary N) is 3. The maximum absolute atomic E-state index is 15.2. The fourth-order valence-electron chi connectivity index (χ4n) is 13.8. The van der Waals surface area contributed by atoms with Crippen molar-refractivity contribution >= 4 is 144 Å². The van der Waals surface area contributed by atoms with Gasteiger partial charge in [0, 0.05) is 72.3 Å². The minimum atomic E-state index is -2.00. The zero-order valence-electron chi connectivity index (χ0n) is 69.7. The van der Waals surface area contributed by atoms with Crippen LogP contribution in [0.4, 0.5) is 9.59 Å². The number of benzene rings is 4. The number of nitrogens with one attached hydrogen (secondary N) is 19. The number of aromatic amines is 2. The lowest BCUT2D eigenvalue weighted by molar-refractivity contribution is -0.141. The van der Waals surface area contributed by atoms with Gasteiger partial charge < -0.3 is 112 Å². The minimum Gasteiger partial charge on any atom is -0.481 e. The Balaban J connectivity index is 1.31. The molecule has 666 valence electrons. The van der Waals surface area contributed by atoms with Gasteiger partial charge in [0.25, 0.3) is 11.1 Å². The highest BCUT2D eigenvalue weighted by atomic mass is 32.2. The van der Waals surface area contributed by atoms with Gasteiger partial charge in [-0.2, -0.15) is 0 Å². The van der Waals surface area contributed by atoms with E-state index in [0.717, 1.165) is 10.8 Å². The van der Waals surface area contributed by atoms with Gasteiger partial charge in [-0.3, -0.25) is 83.3 Å². The molecule has 1 saturated heterocycles. The first-order valence-electron chi connectivity index (χ1n) is 41.1. The number of aliphatic hydroxyl groups excluding tert-OH is 1. The Kier molecular flexibility index (Phi) is 38.4. The fraction of sp³-hybridized carbons (Fsp3) is 0.482. The second-order valence-electron chi connectivity index (χ2n) is 30.7. The Morgan fingerprint density at radius 2 is 0.894 bits per heavy atom. The molecule has 0 aliphatic carbocycles. The van der Waals surface area contributed by atoms with Crippen LogP contribution in [0.2, 0.25) is 0 Å². The zero-order valence-corrected chi connectivity index (χ0v) is 70.5. The van der Waals surface area contributed by atoms with Gasteiger partial charge in [0.1, 0.15) is 72.5 Å². The highest BCUT2D eigenvalue weighted by Crippen LogP contribution is 2.24. The number of rotatable bonds is 28. The molecule has 13 atom stereocenters. The SMILES string of the molecule is CCCCC[C@@H]1NC(=O)NC(=O)[C@H](CO)NC(=O)[C@H]([C@@H](C)CC)NC(=O)[C@H](Cc2ccc3ccccc3c2)NC(=O)[C@H](CCCNC(=N)N)NC(=O)SC[C@@H](C(N)=O)NC(=O)[C@H](C(C)C)NC(=O)[C@H](Cc2c[nH]c3ccccc23)NC(=O)[C@H](CCCNC(=N)N)NC(=O)[C@H](CCCC)NC(=O)[C@H](Cc2c[nH]c3ccccc23)NC(=O)[C@H](CC(=O)O)NC1=O. The van der Waals surface area contributed by atoms with E-state index >= 15 is 24.0 Å². The second kappa shape index (κ2) is 48.5. The summed E-state index contributed by atoms with van der Waals surface area (Å²) in [6, 6.07) is 5.52. The van der Waals surface area contributed by atoms with Crippen LogP contribution in [0.15, 0.2) is 103 Å².